The van der Waals surface area contributed by atoms with E-state index in [-0.39, 0.29) is 11.4 Å². The molecule has 0 radical (unpaired) electrons. The maximum Gasteiger partial charge on any atom is 0.302 e. The minimum absolute atomic E-state index is 0. The van der Waals surface area contributed by atoms with E-state index in [0.29, 0.717) is 13.2 Å². The van der Waals surface area contributed by atoms with Gasteiger partial charge in [-0.2, -0.15) is 0 Å². The molecule has 0 bridgehead atoms. The fraction of sp³-hybridized carbons (Fsp3) is 0.889. The molecule has 0 spiro atoms. The highest BCUT2D eigenvalue weighted by molar-refractivity contribution is 5.65. The van der Waals surface area contributed by atoms with Gasteiger partial charge in [0.25, 0.3) is 0 Å². The molecule has 0 aliphatic heterocycles. The van der Waals surface area contributed by atoms with Crippen molar-refractivity contribution in [2.24, 2.45) is 0 Å². The second kappa shape index (κ2) is 29.4. The van der Waals surface area contributed by atoms with Crippen molar-refractivity contribution in [1.29, 1.82) is 0 Å². The quantitative estimate of drug-likeness (QED) is 0.650. The molecular weight excluding hydrogens is 188 g/mol. The Morgan fingerprint density at radius 1 is 1.29 bits per heavy atom. The maximum absolute atomic E-state index is 9.82. The van der Waals surface area contributed by atoms with Gasteiger partial charge in [0.1, 0.15) is 0 Å². The summed E-state index contributed by atoms with van der Waals surface area (Å²) in [6.07, 6.45) is 2.04. The van der Waals surface area contributed by atoms with Crippen LogP contribution in [-0.4, -0.2) is 42.0 Å². The first-order valence-corrected chi connectivity index (χ1v) is 4.37. The van der Waals surface area contributed by atoms with Gasteiger partial charge in [0.15, 0.2) is 0 Å². The van der Waals surface area contributed by atoms with Crippen molar-refractivity contribution in [3.63, 3.8) is 0 Å². The standard InChI is InChI=1S/C4H8O2.C4H10O.CH4O.H2O/c1-3-6-4(2)5;1-2-3-4-5;1-2;/h3H2,1-2H3;5H,2-4H2,1H3;2H,1H3;1H2. The summed E-state index contributed by atoms with van der Waals surface area (Å²) in [6, 6.07) is 0. The van der Waals surface area contributed by atoms with E-state index in [1.54, 1.807) is 6.92 Å². The van der Waals surface area contributed by atoms with Crippen molar-refractivity contribution in [2.45, 2.75) is 33.6 Å². The van der Waals surface area contributed by atoms with Crippen LogP contribution in [0.1, 0.15) is 33.6 Å². The van der Waals surface area contributed by atoms with Crippen molar-refractivity contribution in [1.82, 2.24) is 0 Å². The van der Waals surface area contributed by atoms with Gasteiger partial charge in [0, 0.05) is 20.6 Å². The van der Waals surface area contributed by atoms with Crippen molar-refractivity contribution >= 4 is 5.97 Å². The molecule has 5 nitrogen and oxygen atoms in total. The predicted molar refractivity (Wildman–Crippen MR) is 56.1 cm³/mol. The summed E-state index contributed by atoms with van der Waals surface area (Å²) < 4.78 is 4.40. The van der Waals surface area contributed by atoms with E-state index in [0.717, 1.165) is 20.0 Å². The number of esters is 1. The molecule has 0 aromatic rings. The summed E-state index contributed by atoms with van der Waals surface area (Å²) in [5.41, 5.74) is 0. The lowest BCUT2D eigenvalue weighted by Crippen LogP contribution is -1.95. The van der Waals surface area contributed by atoms with Gasteiger partial charge in [-0.15, -0.1) is 0 Å². The predicted octanol–water partition coefficient (Wildman–Crippen LogP) is 0.132. The van der Waals surface area contributed by atoms with Gasteiger partial charge in [-0.05, 0) is 13.3 Å². The molecule has 0 unspecified atom stereocenters. The molecule has 0 aliphatic rings. The molecule has 14 heavy (non-hydrogen) atoms. The number of carbonyl (C=O) groups is 1. The van der Waals surface area contributed by atoms with Gasteiger partial charge in [0.2, 0.25) is 0 Å². The Hall–Kier alpha value is -0.650. The smallest absolute Gasteiger partial charge is 0.302 e. The number of aliphatic hydroxyl groups excluding tert-OH is 2. The largest absolute Gasteiger partial charge is 0.466 e. The summed E-state index contributed by atoms with van der Waals surface area (Å²) in [4.78, 5) is 9.82. The molecule has 90 valence electrons. The van der Waals surface area contributed by atoms with Gasteiger partial charge in [-0.3, -0.25) is 4.79 Å². The molecule has 0 aromatic heterocycles. The SMILES string of the molecule is CCCCO.CCOC(C)=O.CO.O. The van der Waals surface area contributed by atoms with Crippen LogP contribution >= 0.6 is 0 Å². The van der Waals surface area contributed by atoms with Gasteiger partial charge in [-0.25, -0.2) is 0 Å². The van der Waals surface area contributed by atoms with Crippen LogP contribution in [0.2, 0.25) is 0 Å². The first-order chi connectivity index (χ1) is 6.18. The average molecular weight is 212 g/mol. The van der Waals surface area contributed by atoms with E-state index in [1.807, 2.05) is 0 Å². The Morgan fingerprint density at radius 2 is 1.71 bits per heavy atom. The van der Waals surface area contributed by atoms with Crippen LogP contribution in [0.3, 0.4) is 0 Å². The zero-order chi connectivity index (χ0) is 11.1. The number of unbranched alkanes of at least 4 members (excludes halogenated alkanes) is 1. The fourth-order valence-electron chi connectivity index (χ4n) is 0.361. The summed E-state index contributed by atoms with van der Waals surface area (Å²) >= 11 is 0. The van der Waals surface area contributed by atoms with Crippen LogP contribution in [0, 0.1) is 0 Å². The highest BCUT2D eigenvalue weighted by atomic mass is 16.5. The maximum atomic E-state index is 9.82. The Morgan fingerprint density at radius 3 is 1.71 bits per heavy atom. The first kappa shape index (κ1) is 23.3. The molecule has 0 atom stereocenters. The minimum atomic E-state index is -0.211. The number of ether oxygens (including phenoxy) is 1. The number of hydrogen-bond donors (Lipinski definition) is 2. The average Bonchev–Trinajstić information content (AvgIpc) is 2.10. The highest BCUT2D eigenvalue weighted by Gasteiger charge is 1.81. The highest BCUT2D eigenvalue weighted by Crippen LogP contribution is 1.78. The van der Waals surface area contributed by atoms with Gasteiger partial charge >= 0.3 is 5.97 Å². The topological polar surface area (TPSA) is 98.3 Å². The minimum Gasteiger partial charge on any atom is -0.466 e. The van der Waals surface area contributed by atoms with E-state index in [1.165, 1.54) is 6.92 Å². The third-order valence-electron chi connectivity index (χ3n) is 0.859. The number of hydrogen-bond acceptors (Lipinski definition) is 4. The summed E-state index contributed by atoms with van der Waals surface area (Å²) in [6.45, 7) is 6.05. The van der Waals surface area contributed by atoms with E-state index >= 15 is 0 Å². The molecule has 0 amide bonds. The third kappa shape index (κ3) is 64.3. The number of aliphatic hydroxyl groups is 2. The molecular formula is C9H24O5. The van der Waals surface area contributed by atoms with Crippen molar-refractivity contribution < 1.29 is 25.2 Å². The molecule has 0 heterocycles. The van der Waals surface area contributed by atoms with Crippen LogP contribution in [0.15, 0.2) is 0 Å². The van der Waals surface area contributed by atoms with Crippen LogP contribution in [0.4, 0.5) is 0 Å². The fourth-order valence-corrected chi connectivity index (χ4v) is 0.361. The number of carbonyl (C=O) groups excluding carboxylic acids is 1. The van der Waals surface area contributed by atoms with Crippen LogP contribution in [0.25, 0.3) is 0 Å². The van der Waals surface area contributed by atoms with Crippen LogP contribution < -0.4 is 0 Å². The van der Waals surface area contributed by atoms with E-state index < -0.39 is 0 Å². The van der Waals surface area contributed by atoms with Crippen LogP contribution in [0.5, 0.6) is 0 Å². The Bertz CT molecular complexity index is 83.3. The van der Waals surface area contributed by atoms with E-state index in [4.69, 9.17) is 10.2 Å². The lowest BCUT2D eigenvalue weighted by atomic mass is 10.4. The zero-order valence-electron chi connectivity index (χ0n) is 9.54. The van der Waals surface area contributed by atoms with Crippen molar-refractivity contribution in [2.75, 3.05) is 20.3 Å². The lowest BCUT2D eigenvalue weighted by Gasteiger charge is -1.89. The van der Waals surface area contributed by atoms with Gasteiger partial charge < -0.3 is 20.4 Å². The van der Waals surface area contributed by atoms with Crippen LogP contribution in [-0.2, 0) is 9.53 Å². The lowest BCUT2D eigenvalue weighted by molar-refractivity contribution is -0.140. The Balaban J connectivity index is -0.0000000576. The zero-order valence-corrected chi connectivity index (χ0v) is 9.54. The molecule has 0 saturated carbocycles. The first-order valence-electron chi connectivity index (χ1n) is 4.37. The monoisotopic (exact) mass is 212 g/mol. The molecule has 0 fully saturated rings. The molecule has 0 rings (SSSR count). The second-order valence-corrected chi connectivity index (χ2v) is 2.00. The van der Waals surface area contributed by atoms with E-state index in [2.05, 4.69) is 11.7 Å². The van der Waals surface area contributed by atoms with E-state index in [9.17, 15) is 4.79 Å². The molecule has 0 aliphatic carbocycles. The molecule has 0 saturated heterocycles. The normalized spacial score (nSPS) is 6.71. The molecule has 0 aromatic carbocycles. The Labute approximate surface area is 86.0 Å². The van der Waals surface area contributed by atoms with Crippen molar-refractivity contribution in [3.8, 4) is 0 Å². The summed E-state index contributed by atoms with van der Waals surface area (Å²) in [5.74, 6) is -0.211. The number of rotatable bonds is 3. The summed E-state index contributed by atoms with van der Waals surface area (Å²) in [5, 5.41) is 15.1. The second-order valence-electron chi connectivity index (χ2n) is 2.00. The summed E-state index contributed by atoms with van der Waals surface area (Å²) in [7, 11) is 1.00. The molecule has 4 N–H and O–H groups in total. The van der Waals surface area contributed by atoms with Gasteiger partial charge in [-0.1, -0.05) is 13.3 Å². The third-order valence-corrected chi connectivity index (χ3v) is 0.859. The Kier molecular flexibility index (Phi) is 49.0. The van der Waals surface area contributed by atoms with Gasteiger partial charge in [0.05, 0.1) is 6.61 Å². The van der Waals surface area contributed by atoms with Crippen molar-refractivity contribution in [3.05, 3.63) is 0 Å². The molecule has 5 heteroatoms.